The number of nitrogens with two attached hydrogens (primary N) is 1. The number of hydrogen-bond donors (Lipinski definition) is 2. The maximum Gasteiger partial charge on any atom is 0.158 e. The molecule has 1 heterocycles. The van der Waals surface area contributed by atoms with Gasteiger partial charge in [0.15, 0.2) is 5.82 Å². The van der Waals surface area contributed by atoms with Gasteiger partial charge in [-0.15, -0.1) is 0 Å². The van der Waals surface area contributed by atoms with Crippen molar-refractivity contribution in [3.8, 4) is 0 Å². The Labute approximate surface area is 128 Å². The van der Waals surface area contributed by atoms with Crippen molar-refractivity contribution in [2.75, 3.05) is 24.2 Å². The Kier molecular flexibility index (Phi) is 8.74. The summed E-state index contributed by atoms with van der Waals surface area (Å²) in [6.07, 6.45) is 6.38. The number of aromatic nitrogens is 2. The van der Waals surface area contributed by atoms with Gasteiger partial charge in [-0.05, 0) is 19.3 Å². The van der Waals surface area contributed by atoms with Gasteiger partial charge in [0.25, 0.3) is 0 Å². The predicted octanol–water partition coefficient (Wildman–Crippen LogP) is 3.61. The van der Waals surface area contributed by atoms with E-state index in [1.165, 1.54) is 25.7 Å². The maximum atomic E-state index is 5.78. The third-order valence-electron chi connectivity index (χ3n) is 3.24. The average Bonchev–Trinajstić information content (AvgIpc) is 2.43. The van der Waals surface area contributed by atoms with E-state index in [1.807, 2.05) is 6.92 Å². The molecular formula is C16H30N4O. The van der Waals surface area contributed by atoms with E-state index in [9.17, 15) is 0 Å². The van der Waals surface area contributed by atoms with Crippen LogP contribution in [0.5, 0.6) is 0 Å². The predicted molar refractivity (Wildman–Crippen MR) is 88.2 cm³/mol. The van der Waals surface area contributed by atoms with Gasteiger partial charge in [-0.3, -0.25) is 0 Å². The largest absolute Gasteiger partial charge is 0.384 e. The number of rotatable bonds is 11. The molecule has 5 heteroatoms. The number of nitrogen functional groups attached to an aromatic ring is 1. The van der Waals surface area contributed by atoms with Crippen molar-refractivity contribution < 1.29 is 4.74 Å². The summed E-state index contributed by atoms with van der Waals surface area (Å²) in [4.78, 5) is 8.56. The van der Waals surface area contributed by atoms with E-state index in [4.69, 9.17) is 10.5 Å². The molecule has 21 heavy (non-hydrogen) atoms. The van der Waals surface area contributed by atoms with Crippen LogP contribution in [0.1, 0.15) is 58.7 Å². The first-order chi connectivity index (χ1) is 10.1. The molecule has 0 spiro atoms. The highest BCUT2D eigenvalue weighted by molar-refractivity contribution is 5.44. The molecule has 0 saturated heterocycles. The van der Waals surface area contributed by atoms with Crippen molar-refractivity contribution in [1.82, 2.24) is 9.97 Å². The van der Waals surface area contributed by atoms with Gasteiger partial charge >= 0.3 is 0 Å². The van der Waals surface area contributed by atoms with Gasteiger partial charge in [-0.1, -0.05) is 39.5 Å². The lowest BCUT2D eigenvalue weighted by atomic mass is 10.0. The topological polar surface area (TPSA) is 73.1 Å². The van der Waals surface area contributed by atoms with Crippen molar-refractivity contribution in [3.05, 3.63) is 11.9 Å². The lowest BCUT2D eigenvalue weighted by Gasteiger charge is -2.09. The van der Waals surface area contributed by atoms with Gasteiger partial charge in [-0.25, -0.2) is 9.97 Å². The number of nitrogens with one attached hydrogen (secondary N) is 1. The summed E-state index contributed by atoms with van der Waals surface area (Å²) in [5.74, 6) is 2.73. The quantitative estimate of drug-likeness (QED) is 0.610. The van der Waals surface area contributed by atoms with Gasteiger partial charge < -0.3 is 15.8 Å². The highest BCUT2D eigenvalue weighted by atomic mass is 16.5. The van der Waals surface area contributed by atoms with Crippen LogP contribution in [0.4, 0.5) is 11.6 Å². The standard InChI is InChI=1S/C16H30N4O/c1-4-21-12-16-19-14(17)11-15(20-16)18-10-8-6-5-7-9-13(2)3/h11,13H,4-10,12H2,1-3H3,(H3,17,18,19,20). The fourth-order valence-corrected chi connectivity index (χ4v) is 2.11. The minimum absolute atomic E-state index is 0.408. The van der Waals surface area contributed by atoms with Gasteiger partial charge in [0.2, 0.25) is 0 Å². The zero-order valence-corrected chi connectivity index (χ0v) is 13.7. The molecule has 0 bridgehead atoms. The van der Waals surface area contributed by atoms with E-state index in [1.54, 1.807) is 6.07 Å². The molecule has 1 aromatic heterocycles. The number of nitrogens with zero attached hydrogens (tertiary/aromatic N) is 2. The highest BCUT2D eigenvalue weighted by Gasteiger charge is 2.02. The van der Waals surface area contributed by atoms with Crippen LogP contribution in [0.2, 0.25) is 0 Å². The average molecular weight is 294 g/mol. The summed E-state index contributed by atoms with van der Waals surface area (Å²) in [6.45, 7) is 8.49. The Morgan fingerprint density at radius 3 is 2.67 bits per heavy atom. The Morgan fingerprint density at radius 1 is 1.19 bits per heavy atom. The van der Waals surface area contributed by atoms with Gasteiger partial charge in [-0.2, -0.15) is 0 Å². The first-order valence-corrected chi connectivity index (χ1v) is 8.06. The highest BCUT2D eigenvalue weighted by Crippen LogP contribution is 2.11. The molecule has 0 fully saturated rings. The molecule has 1 rings (SSSR count). The van der Waals surface area contributed by atoms with Crippen LogP contribution in [0, 0.1) is 5.92 Å². The van der Waals surface area contributed by atoms with Crippen molar-refractivity contribution in [2.45, 2.75) is 59.5 Å². The van der Waals surface area contributed by atoms with E-state index in [0.29, 0.717) is 24.9 Å². The summed E-state index contributed by atoms with van der Waals surface area (Å²) >= 11 is 0. The van der Waals surface area contributed by atoms with E-state index < -0.39 is 0 Å². The molecule has 0 amide bonds. The Balaban J connectivity index is 2.23. The minimum Gasteiger partial charge on any atom is -0.384 e. The monoisotopic (exact) mass is 294 g/mol. The molecular weight excluding hydrogens is 264 g/mol. The smallest absolute Gasteiger partial charge is 0.158 e. The molecule has 0 aliphatic heterocycles. The Bertz CT molecular complexity index is 396. The normalized spacial score (nSPS) is 11.0. The molecule has 5 nitrogen and oxygen atoms in total. The number of hydrogen-bond acceptors (Lipinski definition) is 5. The molecule has 0 aromatic carbocycles. The summed E-state index contributed by atoms with van der Waals surface area (Å²) in [5.41, 5.74) is 5.78. The minimum atomic E-state index is 0.408. The number of ether oxygens (including phenoxy) is 1. The second-order valence-electron chi connectivity index (χ2n) is 5.75. The van der Waals surface area contributed by atoms with Gasteiger partial charge in [0, 0.05) is 19.2 Å². The van der Waals surface area contributed by atoms with Crippen LogP contribution >= 0.6 is 0 Å². The Hall–Kier alpha value is -1.36. The van der Waals surface area contributed by atoms with Crippen molar-refractivity contribution in [3.63, 3.8) is 0 Å². The first kappa shape index (κ1) is 17.7. The lowest BCUT2D eigenvalue weighted by Crippen LogP contribution is -2.08. The van der Waals surface area contributed by atoms with Crippen molar-refractivity contribution in [1.29, 1.82) is 0 Å². The van der Waals surface area contributed by atoms with E-state index in [0.717, 1.165) is 24.7 Å². The molecule has 3 N–H and O–H groups in total. The van der Waals surface area contributed by atoms with Crippen molar-refractivity contribution >= 4 is 11.6 Å². The zero-order valence-electron chi connectivity index (χ0n) is 13.7. The van der Waals surface area contributed by atoms with Crippen LogP contribution in [-0.2, 0) is 11.3 Å². The fraction of sp³-hybridized carbons (Fsp3) is 0.750. The molecule has 1 aromatic rings. The van der Waals surface area contributed by atoms with E-state index in [2.05, 4.69) is 29.1 Å². The van der Waals surface area contributed by atoms with Crippen LogP contribution in [0.3, 0.4) is 0 Å². The molecule has 0 radical (unpaired) electrons. The van der Waals surface area contributed by atoms with Crippen LogP contribution in [0.25, 0.3) is 0 Å². The zero-order chi connectivity index (χ0) is 15.5. The number of unbranched alkanes of at least 4 members (excludes halogenated alkanes) is 3. The van der Waals surface area contributed by atoms with E-state index in [-0.39, 0.29) is 0 Å². The summed E-state index contributed by atoms with van der Waals surface area (Å²) < 4.78 is 5.31. The van der Waals surface area contributed by atoms with Crippen molar-refractivity contribution in [2.24, 2.45) is 5.92 Å². The first-order valence-electron chi connectivity index (χ1n) is 8.06. The van der Waals surface area contributed by atoms with Gasteiger partial charge in [0.05, 0.1) is 0 Å². The molecule has 0 atom stereocenters. The van der Waals surface area contributed by atoms with Crippen LogP contribution in [0.15, 0.2) is 6.07 Å². The third kappa shape index (κ3) is 8.50. The summed E-state index contributed by atoms with van der Waals surface area (Å²) in [6, 6.07) is 1.77. The summed E-state index contributed by atoms with van der Waals surface area (Å²) in [7, 11) is 0. The van der Waals surface area contributed by atoms with Gasteiger partial charge in [0.1, 0.15) is 18.2 Å². The lowest BCUT2D eigenvalue weighted by molar-refractivity contribution is 0.128. The molecule has 120 valence electrons. The molecule has 0 aliphatic carbocycles. The second kappa shape index (κ2) is 10.4. The van der Waals surface area contributed by atoms with Crippen LogP contribution < -0.4 is 11.1 Å². The van der Waals surface area contributed by atoms with E-state index >= 15 is 0 Å². The third-order valence-corrected chi connectivity index (χ3v) is 3.24. The molecule has 0 saturated carbocycles. The number of anilines is 2. The fourth-order valence-electron chi connectivity index (χ4n) is 2.11. The summed E-state index contributed by atoms with van der Waals surface area (Å²) in [5, 5.41) is 3.32. The maximum absolute atomic E-state index is 5.78. The van der Waals surface area contributed by atoms with Crippen LogP contribution in [-0.4, -0.2) is 23.1 Å². The second-order valence-corrected chi connectivity index (χ2v) is 5.75. The molecule has 0 unspecified atom stereocenters. The Morgan fingerprint density at radius 2 is 1.95 bits per heavy atom. The SMILES string of the molecule is CCOCc1nc(N)cc(NCCCCCCC(C)C)n1. The molecule has 0 aliphatic rings.